The lowest BCUT2D eigenvalue weighted by atomic mass is 9.96. The second-order valence-electron chi connectivity index (χ2n) is 10.0. The van der Waals surface area contributed by atoms with Crippen LogP contribution in [0.15, 0.2) is 29.1 Å². The molecule has 0 saturated heterocycles. The van der Waals surface area contributed by atoms with E-state index in [1.54, 1.807) is 23.5 Å². The number of rotatable bonds is 14. The summed E-state index contributed by atoms with van der Waals surface area (Å²) in [4.78, 5) is 60.4. The van der Waals surface area contributed by atoms with E-state index in [0.717, 1.165) is 17.8 Å². The van der Waals surface area contributed by atoms with Gasteiger partial charge in [0.1, 0.15) is 10.7 Å². The number of methoxy groups -OCH3 is 1. The number of ether oxygens (including phenoxy) is 2. The summed E-state index contributed by atoms with van der Waals surface area (Å²) in [6, 6.07) is -0.632. The van der Waals surface area contributed by atoms with E-state index in [1.807, 2.05) is 19.2 Å². The van der Waals surface area contributed by atoms with Crippen LogP contribution in [0.3, 0.4) is 0 Å². The molecular weight excluding hydrogens is 540 g/mol. The number of thiazole rings is 2. The average molecular weight is 577 g/mol. The molecule has 0 spiro atoms. The number of aromatic nitrogens is 2. The van der Waals surface area contributed by atoms with Crippen LogP contribution in [0.2, 0.25) is 0 Å². The third kappa shape index (κ3) is 8.69. The van der Waals surface area contributed by atoms with Crippen molar-refractivity contribution in [2.75, 3.05) is 14.2 Å². The number of nitrogens with zero attached hydrogens (tertiary/aromatic N) is 3. The molecule has 2 heterocycles. The van der Waals surface area contributed by atoms with Crippen LogP contribution in [0.1, 0.15) is 73.1 Å². The SMILES string of the molecule is C=C(C[C@H](Cc1nccs1)NC(=O)c1csc(C(CC(C(C)C)N(C)C(=O)C2CC2)OC(C)=O)n1)C(=O)OC. The van der Waals surface area contributed by atoms with Crippen molar-refractivity contribution in [1.82, 2.24) is 20.2 Å². The number of carbonyl (C=O) groups excluding carboxylic acids is 4. The van der Waals surface area contributed by atoms with E-state index in [2.05, 4.69) is 21.9 Å². The van der Waals surface area contributed by atoms with Crippen molar-refractivity contribution in [1.29, 1.82) is 0 Å². The molecule has 0 aliphatic heterocycles. The summed E-state index contributed by atoms with van der Waals surface area (Å²) in [7, 11) is 3.07. The van der Waals surface area contributed by atoms with Gasteiger partial charge >= 0.3 is 11.9 Å². The van der Waals surface area contributed by atoms with Gasteiger partial charge in [0.15, 0.2) is 6.10 Å². The van der Waals surface area contributed by atoms with Crippen LogP contribution in [0.5, 0.6) is 0 Å². The quantitative estimate of drug-likeness (QED) is 0.265. The molecule has 0 aromatic carbocycles. The first kappa shape index (κ1) is 30.4. The van der Waals surface area contributed by atoms with Crippen LogP contribution in [0, 0.1) is 11.8 Å². The molecule has 2 unspecified atom stereocenters. The zero-order valence-electron chi connectivity index (χ0n) is 23.0. The molecule has 2 aromatic heterocycles. The first-order chi connectivity index (χ1) is 18.5. The Kier molecular flexibility index (Phi) is 10.8. The summed E-state index contributed by atoms with van der Waals surface area (Å²) in [5.41, 5.74) is 0.404. The fraction of sp³-hybridized carbons (Fsp3) is 0.556. The van der Waals surface area contributed by atoms with Gasteiger partial charge in [0, 0.05) is 67.3 Å². The van der Waals surface area contributed by atoms with Gasteiger partial charge < -0.3 is 19.7 Å². The number of hydrogen-bond donors (Lipinski definition) is 1. The maximum atomic E-state index is 13.2. The third-order valence-electron chi connectivity index (χ3n) is 6.54. The number of nitrogens with one attached hydrogen (secondary N) is 1. The molecule has 12 heteroatoms. The predicted octanol–water partition coefficient (Wildman–Crippen LogP) is 3.95. The average Bonchev–Trinajstić information content (AvgIpc) is 3.38. The summed E-state index contributed by atoms with van der Waals surface area (Å²) < 4.78 is 10.4. The molecule has 1 aliphatic rings. The Hall–Kier alpha value is -3.12. The summed E-state index contributed by atoms with van der Waals surface area (Å²) >= 11 is 2.67. The summed E-state index contributed by atoms with van der Waals surface area (Å²) in [5, 5.41) is 7.66. The van der Waals surface area contributed by atoms with E-state index in [9.17, 15) is 19.2 Å². The highest BCUT2D eigenvalue weighted by atomic mass is 32.1. The van der Waals surface area contributed by atoms with Crippen molar-refractivity contribution >= 4 is 46.4 Å². The topological polar surface area (TPSA) is 128 Å². The molecule has 0 radical (unpaired) electrons. The van der Waals surface area contributed by atoms with Gasteiger partial charge in [0.05, 0.1) is 12.1 Å². The zero-order chi connectivity index (χ0) is 28.7. The number of hydrogen-bond acceptors (Lipinski definition) is 10. The van der Waals surface area contributed by atoms with Crippen molar-refractivity contribution in [3.05, 3.63) is 44.8 Å². The normalized spacial score (nSPS) is 15.2. The van der Waals surface area contributed by atoms with Crippen LogP contribution in [-0.4, -0.2) is 64.9 Å². The Labute approximate surface area is 236 Å². The minimum Gasteiger partial charge on any atom is -0.466 e. The molecular formula is C27H36N4O6S2. The van der Waals surface area contributed by atoms with Crippen LogP contribution < -0.4 is 5.32 Å². The van der Waals surface area contributed by atoms with Crippen molar-refractivity contribution in [3.8, 4) is 0 Å². The van der Waals surface area contributed by atoms with Crippen LogP contribution in [0.4, 0.5) is 0 Å². The standard InChI is InChI=1S/C27H36N4O6S2/c1-15(2)21(31(5)26(34)18-7-8-18)13-22(37-17(4)32)25-30-20(14-39-25)24(33)29-19(11-16(3)27(35)36-6)12-23-28-9-10-38-23/h9-10,14-15,18-19,21-22H,3,7-8,11-13H2,1-2,4-6H3,(H,29,33)/t19-,21?,22?/m1/s1. The van der Waals surface area contributed by atoms with Gasteiger partial charge in [-0.05, 0) is 25.2 Å². The highest BCUT2D eigenvalue weighted by molar-refractivity contribution is 7.10. The predicted molar refractivity (Wildman–Crippen MR) is 148 cm³/mol. The fourth-order valence-corrected chi connectivity index (χ4v) is 5.88. The fourth-order valence-electron chi connectivity index (χ4n) is 4.34. The van der Waals surface area contributed by atoms with E-state index in [4.69, 9.17) is 9.47 Å². The van der Waals surface area contributed by atoms with E-state index in [0.29, 0.717) is 17.8 Å². The van der Waals surface area contributed by atoms with Crippen LogP contribution in [-0.2, 0) is 30.3 Å². The highest BCUT2D eigenvalue weighted by Gasteiger charge is 2.37. The van der Waals surface area contributed by atoms with Gasteiger partial charge in [-0.15, -0.1) is 22.7 Å². The maximum Gasteiger partial charge on any atom is 0.333 e. The second-order valence-corrected chi connectivity index (χ2v) is 11.9. The molecule has 3 rings (SSSR count). The summed E-state index contributed by atoms with van der Waals surface area (Å²) in [6.07, 6.45) is 3.74. The van der Waals surface area contributed by atoms with Gasteiger partial charge in [-0.1, -0.05) is 20.4 Å². The van der Waals surface area contributed by atoms with E-state index < -0.39 is 30.0 Å². The number of amides is 2. The van der Waals surface area contributed by atoms with Gasteiger partial charge in [0.25, 0.3) is 5.91 Å². The van der Waals surface area contributed by atoms with E-state index >= 15 is 0 Å². The molecule has 1 N–H and O–H groups in total. The minimum atomic E-state index is -0.707. The molecule has 10 nitrogen and oxygen atoms in total. The Morgan fingerprint density at radius 1 is 1.23 bits per heavy atom. The second kappa shape index (κ2) is 13.8. The van der Waals surface area contributed by atoms with Crippen LogP contribution >= 0.6 is 22.7 Å². The molecule has 3 atom stereocenters. The maximum absolute atomic E-state index is 13.2. The highest BCUT2D eigenvalue weighted by Crippen LogP contribution is 2.35. The molecule has 1 aliphatic carbocycles. The lowest BCUT2D eigenvalue weighted by molar-refractivity contribution is -0.148. The Bertz CT molecular complexity index is 1170. The van der Waals surface area contributed by atoms with Gasteiger partial charge in [-0.25, -0.2) is 14.8 Å². The third-order valence-corrected chi connectivity index (χ3v) is 8.28. The Balaban J connectivity index is 1.76. The van der Waals surface area contributed by atoms with Gasteiger partial charge in [-0.3, -0.25) is 14.4 Å². The monoisotopic (exact) mass is 576 g/mol. The first-order valence-electron chi connectivity index (χ1n) is 12.8. The Morgan fingerprint density at radius 3 is 2.51 bits per heavy atom. The lowest BCUT2D eigenvalue weighted by Gasteiger charge is -2.33. The molecule has 0 bridgehead atoms. The number of esters is 2. The Morgan fingerprint density at radius 2 is 1.95 bits per heavy atom. The van der Waals surface area contributed by atoms with E-state index in [1.165, 1.54) is 36.7 Å². The molecule has 212 valence electrons. The lowest BCUT2D eigenvalue weighted by Crippen LogP contribution is -2.42. The van der Waals surface area contributed by atoms with Crippen molar-refractivity contribution in [2.45, 2.75) is 71.1 Å². The molecule has 39 heavy (non-hydrogen) atoms. The zero-order valence-corrected chi connectivity index (χ0v) is 24.6. The van der Waals surface area contributed by atoms with Crippen molar-refractivity contribution < 1.29 is 28.7 Å². The van der Waals surface area contributed by atoms with Crippen molar-refractivity contribution in [2.24, 2.45) is 11.8 Å². The molecule has 1 fully saturated rings. The minimum absolute atomic E-state index is 0.0752. The van der Waals surface area contributed by atoms with Crippen molar-refractivity contribution in [3.63, 3.8) is 0 Å². The van der Waals surface area contributed by atoms with Gasteiger partial charge in [0.2, 0.25) is 5.91 Å². The van der Waals surface area contributed by atoms with Crippen LogP contribution in [0.25, 0.3) is 0 Å². The first-order valence-corrected chi connectivity index (χ1v) is 14.6. The number of carbonyl (C=O) groups is 4. The molecule has 2 aromatic rings. The van der Waals surface area contributed by atoms with E-state index in [-0.39, 0.29) is 41.5 Å². The molecule has 2 amide bonds. The smallest absolute Gasteiger partial charge is 0.333 e. The van der Waals surface area contributed by atoms with Gasteiger partial charge in [-0.2, -0.15) is 0 Å². The summed E-state index contributed by atoms with van der Waals surface area (Å²) in [6.45, 7) is 9.16. The summed E-state index contributed by atoms with van der Waals surface area (Å²) in [5.74, 6) is -1.14. The molecule has 1 saturated carbocycles. The largest absolute Gasteiger partial charge is 0.466 e.